The molecule has 1 aromatic carbocycles. The summed E-state index contributed by atoms with van der Waals surface area (Å²) in [6, 6.07) is 6.96. The number of alkyl halides is 3. The van der Waals surface area contributed by atoms with Gasteiger partial charge in [0.1, 0.15) is 24.8 Å². The number of amides is 1. The molecular weight excluding hydrogens is 407 g/mol. The fraction of sp³-hybridized carbons (Fsp3) is 0.474. The Balaban J connectivity index is 2.33. The number of ether oxygens (including phenoxy) is 2. The number of nitrogens with zero attached hydrogens (tertiary/aromatic N) is 3. The van der Waals surface area contributed by atoms with E-state index in [1.807, 2.05) is 0 Å². The summed E-state index contributed by atoms with van der Waals surface area (Å²) in [7, 11) is 0. The lowest BCUT2D eigenvalue weighted by atomic mass is 10.1. The van der Waals surface area contributed by atoms with Crippen LogP contribution >= 0.6 is 0 Å². The van der Waals surface area contributed by atoms with Gasteiger partial charge in [0.25, 0.3) is 0 Å². The molecule has 8 nitrogen and oxygen atoms in total. The Morgan fingerprint density at radius 1 is 1.13 bits per heavy atom. The van der Waals surface area contributed by atoms with Gasteiger partial charge in [0, 0.05) is 6.42 Å². The number of anilines is 1. The molecule has 0 saturated carbocycles. The molecule has 1 atom stereocenters. The van der Waals surface area contributed by atoms with Gasteiger partial charge in [0.15, 0.2) is 0 Å². The smallest absolute Gasteiger partial charge is 0.406 e. The minimum atomic E-state index is -4.73. The van der Waals surface area contributed by atoms with Gasteiger partial charge in [-0.1, -0.05) is 18.2 Å². The predicted molar refractivity (Wildman–Crippen MR) is 101 cm³/mol. The fourth-order valence-corrected chi connectivity index (χ4v) is 2.86. The predicted octanol–water partition coefficient (Wildman–Crippen LogP) is 2.14. The van der Waals surface area contributed by atoms with Crippen LogP contribution in [0.2, 0.25) is 0 Å². The molecule has 0 aromatic heterocycles. The molecule has 30 heavy (non-hydrogen) atoms. The van der Waals surface area contributed by atoms with Crippen LogP contribution in [0, 0.1) is 0 Å². The number of rotatable bonds is 8. The molecule has 0 saturated heterocycles. The molecule has 1 aromatic rings. The Hall–Kier alpha value is -3.11. The fourth-order valence-electron chi connectivity index (χ4n) is 2.86. The van der Waals surface area contributed by atoms with Crippen molar-refractivity contribution in [3.05, 3.63) is 30.3 Å². The number of carbonyl (C=O) groups is 3. The topological polar surface area (TPSA) is 88.5 Å². The normalized spacial score (nSPS) is 16.1. The van der Waals surface area contributed by atoms with Gasteiger partial charge in [-0.2, -0.15) is 18.3 Å². The van der Waals surface area contributed by atoms with Crippen LogP contribution < -0.4 is 5.01 Å². The molecular formula is C19H22F3N3O5. The summed E-state index contributed by atoms with van der Waals surface area (Å²) in [6.07, 6.45) is -4.99. The number of para-hydroxylation sites is 1. The quantitative estimate of drug-likeness (QED) is 0.589. The third-order valence-corrected chi connectivity index (χ3v) is 4.03. The molecule has 0 spiro atoms. The molecule has 164 valence electrons. The lowest BCUT2D eigenvalue weighted by Gasteiger charge is -2.29. The van der Waals surface area contributed by atoms with Crippen LogP contribution in [0.1, 0.15) is 20.3 Å². The molecule has 1 aliphatic rings. The van der Waals surface area contributed by atoms with Gasteiger partial charge in [-0.3, -0.25) is 14.6 Å². The van der Waals surface area contributed by atoms with E-state index in [-0.39, 0.29) is 25.3 Å². The Morgan fingerprint density at radius 2 is 1.77 bits per heavy atom. The van der Waals surface area contributed by atoms with Gasteiger partial charge < -0.3 is 14.4 Å². The van der Waals surface area contributed by atoms with E-state index in [0.29, 0.717) is 10.6 Å². The van der Waals surface area contributed by atoms with E-state index >= 15 is 0 Å². The second kappa shape index (κ2) is 10.1. The maximum atomic E-state index is 13.1. The Morgan fingerprint density at radius 3 is 2.33 bits per heavy atom. The second-order valence-corrected chi connectivity index (χ2v) is 6.28. The molecule has 1 heterocycles. The largest absolute Gasteiger partial charge is 0.465 e. The maximum absolute atomic E-state index is 13.1. The highest BCUT2D eigenvalue weighted by atomic mass is 19.4. The third kappa shape index (κ3) is 6.19. The minimum Gasteiger partial charge on any atom is -0.465 e. The third-order valence-electron chi connectivity index (χ3n) is 4.03. The molecule has 11 heteroatoms. The summed E-state index contributed by atoms with van der Waals surface area (Å²) in [6.45, 7) is 0.614. The van der Waals surface area contributed by atoms with Gasteiger partial charge in [-0.25, -0.2) is 4.79 Å². The van der Waals surface area contributed by atoms with Gasteiger partial charge in [-0.15, -0.1) is 0 Å². The van der Waals surface area contributed by atoms with Crippen molar-refractivity contribution >= 4 is 29.2 Å². The highest BCUT2D eigenvalue weighted by molar-refractivity contribution is 6.38. The SMILES string of the molecule is CCOC(=O)CN(CC(F)(F)F)C(=O)C1CC(C(=O)OCC)=NN1c1ccccc1. The van der Waals surface area contributed by atoms with E-state index in [1.54, 1.807) is 37.3 Å². The standard InChI is InChI=1S/C19H22F3N3O5/c1-3-29-16(26)11-24(12-19(20,21)22)17(27)15-10-14(18(28)30-4-2)23-25(15)13-8-6-5-7-9-13/h5-9,15H,3-4,10-12H2,1-2H3. The van der Waals surface area contributed by atoms with Gasteiger partial charge in [0.05, 0.1) is 18.9 Å². The minimum absolute atomic E-state index is 0.0391. The van der Waals surface area contributed by atoms with Crippen LogP contribution in [0.5, 0.6) is 0 Å². The van der Waals surface area contributed by atoms with Crippen molar-refractivity contribution in [3.63, 3.8) is 0 Å². The summed E-state index contributed by atoms with van der Waals surface area (Å²) < 4.78 is 48.7. The Bertz CT molecular complexity index is 798. The lowest BCUT2D eigenvalue weighted by molar-refractivity contribution is -0.167. The van der Waals surface area contributed by atoms with Crippen LogP contribution in [-0.2, 0) is 23.9 Å². The van der Waals surface area contributed by atoms with Crippen LogP contribution in [0.15, 0.2) is 35.4 Å². The molecule has 0 bridgehead atoms. The average molecular weight is 429 g/mol. The first-order valence-corrected chi connectivity index (χ1v) is 9.26. The molecule has 0 radical (unpaired) electrons. The zero-order chi connectivity index (χ0) is 22.3. The van der Waals surface area contributed by atoms with Crippen molar-refractivity contribution in [1.82, 2.24) is 4.90 Å². The van der Waals surface area contributed by atoms with Crippen molar-refractivity contribution in [2.45, 2.75) is 32.5 Å². The van der Waals surface area contributed by atoms with E-state index in [4.69, 9.17) is 4.74 Å². The molecule has 2 rings (SSSR count). The first-order chi connectivity index (χ1) is 14.2. The Kier molecular flexibility index (Phi) is 7.79. The number of hydrogen-bond acceptors (Lipinski definition) is 7. The van der Waals surface area contributed by atoms with Crippen molar-refractivity contribution in [2.75, 3.05) is 31.3 Å². The average Bonchev–Trinajstić information content (AvgIpc) is 3.12. The first-order valence-electron chi connectivity index (χ1n) is 9.26. The van der Waals surface area contributed by atoms with Crippen LogP contribution in [0.25, 0.3) is 0 Å². The highest BCUT2D eigenvalue weighted by Crippen LogP contribution is 2.27. The summed E-state index contributed by atoms with van der Waals surface area (Å²) in [5.41, 5.74) is 0.306. The number of carbonyl (C=O) groups excluding carboxylic acids is 3. The number of hydrazone groups is 1. The monoisotopic (exact) mass is 429 g/mol. The first kappa shape index (κ1) is 23.2. The lowest BCUT2D eigenvalue weighted by Crippen LogP contribution is -2.50. The zero-order valence-corrected chi connectivity index (χ0v) is 16.5. The number of halogens is 3. The van der Waals surface area contributed by atoms with Crippen molar-refractivity contribution < 1.29 is 37.0 Å². The summed E-state index contributed by atoms with van der Waals surface area (Å²) in [5, 5.41) is 5.27. The van der Waals surface area contributed by atoms with E-state index in [2.05, 4.69) is 9.84 Å². The van der Waals surface area contributed by atoms with Crippen molar-refractivity contribution in [2.24, 2.45) is 5.10 Å². The number of benzene rings is 1. The summed E-state index contributed by atoms with van der Waals surface area (Å²) in [5.74, 6) is -2.74. The van der Waals surface area contributed by atoms with E-state index in [1.165, 1.54) is 11.9 Å². The van der Waals surface area contributed by atoms with Gasteiger partial charge >= 0.3 is 18.1 Å². The zero-order valence-electron chi connectivity index (χ0n) is 16.5. The highest BCUT2D eigenvalue weighted by Gasteiger charge is 2.42. The number of hydrogen-bond donors (Lipinski definition) is 0. The van der Waals surface area contributed by atoms with E-state index in [9.17, 15) is 27.6 Å². The Labute approximate surface area is 171 Å². The molecule has 1 amide bonds. The van der Waals surface area contributed by atoms with Crippen LogP contribution in [0.4, 0.5) is 18.9 Å². The summed E-state index contributed by atoms with van der Waals surface area (Å²) >= 11 is 0. The molecule has 1 aliphatic heterocycles. The molecule has 0 aliphatic carbocycles. The van der Waals surface area contributed by atoms with Crippen LogP contribution in [-0.4, -0.2) is 67.0 Å². The maximum Gasteiger partial charge on any atom is 0.406 e. The second-order valence-electron chi connectivity index (χ2n) is 6.28. The van der Waals surface area contributed by atoms with E-state index < -0.39 is 43.2 Å². The van der Waals surface area contributed by atoms with Gasteiger partial charge in [-0.05, 0) is 26.0 Å². The van der Waals surface area contributed by atoms with E-state index in [0.717, 1.165) is 0 Å². The van der Waals surface area contributed by atoms with Crippen LogP contribution in [0.3, 0.4) is 0 Å². The number of esters is 2. The molecule has 1 unspecified atom stereocenters. The molecule has 0 N–H and O–H groups in total. The molecule has 0 fully saturated rings. The summed E-state index contributed by atoms with van der Waals surface area (Å²) in [4.78, 5) is 37.2. The van der Waals surface area contributed by atoms with Crippen molar-refractivity contribution in [3.8, 4) is 0 Å². The van der Waals surface area contributed by atoms with Crippen molar-refractivity contribution in [1.29, 1.82) is 0 Å². The van der Waals surface area contributed by atoms with Gasteiger partial charge in [0.2, 0.25) is 5.91 Å².